The summed E-state index contributed by atoms with van der Waals surface area (Å²) in [6.07, 6.45) is 0.757. The third-order valence-corrected chi connectivity index (χ3v) is 3.44. The molecule has 1 aromatic rings. The molecule has 1 spiro atoms. The normalized spacial score (nSPS) is 28.2. The molecule has 0 bridgehead atoms. The average Bonchev–Trinajstić information content (AvgIpc) is 2.76. The number of rotatable bonds is 0. The van der Waals surface area contributed by atoms with E-state index in [9.17, 15) is 4.79 Å². The first-order valence-corrected chi connectivity index (χ1v) is 5.29. The van der Waals surface area contributed by atoms with Gasteiger partial charge in [-0.1, -0.05) is 17.7 Å². The molecule has 1 unspecified atom stereocenters. The molecule has 0 saturated carbocycles. The van der Waals surface area contributed by atoms with Gasteiger partial charge in [-0.15, -0.1) is 0 Å². The number of halogens is 1. The second-order valence-corrected chi connectivity index (χ2v) is 4.47. The van der Waals surface area contributed by atoms with Crippen molar-refractivity contribution in [2.75, 3.05) is 18.5 Å². The SMILES string of the molecule is O=C1Nc2cc(Cl)ccc2C12CCOC2. The van der Waals surface area contributed by atoms with Crippen LogP contribution in [-0.4, -0.2) is 19.1 Å². The number of hydrogen-bond donors (Lipinski definition) is 1. The van der Waals surface area contributed by atoms with E-state index in [4.69, 9.17) is 16.3 Å². The lowest BCUT2D eigenvalue weighted by molar-refractivity contribution is -0.120. The Hall–Kier alpha value is -1.06. The predicted molar refractivity (Wildman–Crippen MR) is 57.2 cm³/mol. The van der Waals surface area contributed by atoms with Crippen molar-refractivity contribution < 1.29 is 9.53 Å². The molecular formula is C11H10ClNO2. The summed E-state index contributed by atoms with van der Waals surface area (Å²) in [5, 5.41) is 3.51. The molecule has 0 aliphatic carbocycles. The van der Waals surface area contributed by atoms with Gasteiger partial charge in [0.15, 0.2) is 0 Å². The van der Waals surface area contributed by atoms with Crippen LogP contribution in [0.3, 0.4) is 0 Å². The lowest BCUT2D eigenvalue weighted by Crippen LogP contribution is -2.34. The third-order valence-electron chi connectivity index (χ3n) is 3.20. The van der Waals surface area contributed by atoms with Crippen LogP contribution in [0, 0.1) is 0 Å². The number of carbonyl (C=O) groups is 1. The predicted octanol–water partition coefficient (Wildman–Crippen LogP) is 1.95. The molecular weight excluding hydrogens is 214 g/mol. The summed E-state index contributed by atoms with van der Waals surface area (Å²) in [5.41, 5.74) is 1.40. The minimum atomic E-state index is -0.458. The van der Waals surface area contributed by atoms with Crippen molar-refractivity contribution >= 4 is 23.2 Å². The average molecular weight is 224 g/mol. The smallest absolute Gasteiger partial charge is 0.237 e. The molecule has 78 valence electrons. The highest BCUT2D eigenvalue weighted by atomic mass is 35.5. The maximum Gasteiger partial charge on any atom is 0.237 e. The summed E-state index contributed by atoms with van der Waals surface area (Å²) in [7, 11) is 0. The Morgan fingerprint density at radius 1 is 1.47 bits per heavy atom. The van der Waals surface area contributed by atoms with Gasteiger partial charge in [-0.3, -0.25) is 4.79 Å². The lowest BCUT2D eigenvalue weighted by atomic mass is 9.81. The molecule has 3 nitrogen and oxygen atoms in total. The minimum Gasteiger partial charge on any atom is -0.380 e. The topological polar surface area (TPSA) is 38.3 Å². The van der Waals surface area contributed by atoms with Crippen molar-refractivity contribution in [3.8, 4) is 0 Å². The van der Waals surface area contributed by atoms with Crippen molar-refractivity contribution in [1.29, 1.82) is 0 Å². The largest absolute Gasteiger partial charge is 0.380 e. The summed E-state index contributed by atoms with van der Waals surface area (Å²) in [5.74, 6) is 0.0391. The van der Waals surface area contributed by atoms with Gasteiger partial charge in [-0.2, -0.15) is 0 Å². The zero-order valence-electron chi connectivity index (χ0n) is 8.05. The lowest BCUT2D eigenvalue weighted by Gasteiger charge is -2.18. The maximum atomic E-state index is 11.9. The molecule has 3 rings (SSSR count). The molecule has 1 saturated heterocycles. The van der Waals surface area contributed by atoms with Crippen molar-refractivity contribution in [3.05, 3.63) is 28.8 Å². The van der Waals surface area contributed by atoms with Gasteiger partial charge in [-0.05, 0) is 24.1 Å². The van der Waals surface area contributed by atoms with Crippen LogP contribution in [0.25, 0.3) is 0 Å². The monoisotopic (exact) mass is 223 g/mol. The Morgan fingerprint density at radius 3 is 3.07 bits per heavy atom. The van der Waals surface area contributed by atoms with Gasteiger partial charge in [0.2, 0.25) is 5.91 Å². The van der Waals surface area contributed by atoms with Crippen LogP contribution in [0.4, 0.5) is 5.69 Å². The van der Waals surface area contributed by atoms with Gasteiger partial charge in [0.05, 0.1) is 6.61 Å². The zero-order valence-corrected chi connectivity index (χ0v) is 8.80. The Bertz CT molecular complexity index is 438. The number of nitrogens with one attached hydrogen (secondary N) is 1. The number of benzene rings is 1. The van der Waals surface area contributed by atoms with Crippen molar-refractivity contribution in [2.24, 2.45) is 0 Å². The summed E-state index contributed by atoms with van der Waals surface area (Å²) in [6, 6.07) is 5.53. The number of anilines is 1. The highest BCUT2D eigenvalue weighted by Crippen LogP contribution is 2.44. The number of ether oxygens (including phenoxy) is 1. The van der Waals surface area contributed by atoms with E-state index in [1.165, 1.54) is 0 Å². The van der Waals surface area contributed by atoms with E-state index >= 15 is 0 Å². The quantitative estimate of drug-likeness (QED) is 0.730. The molecule has 1 fully saturated rings. The summed E-state index contributed by atoms with van der Waals surface area (Å²) in [6.45, 7) is 1.13. The maximum absolute atomic E-state index is 11.9. The van der Waals surface area contributed by atoms with Crippen molar-refractivity contribution in [3.63, 3.8) is 0 Å². The molecule has 0 radical (unpaired) electrons. The van der Waals surface area contributed by atoms with Gasteiger partial charge < -0.3 is 10.1 Å². The number of amides is 1. The van der Waals surface area contributed by atoms with Crippen LogP contribution in [0.15, 0.2) is 18.2 Å². The van der Waals surface area contributed by atoms with Crippen LogP contribution in [0.1, 0.15) is 12.0 Å². The molecule has 15 heavy (non-hydrogen) atoms. The molecule has 1 N–H and O–H groups in total. The van der Waals surface area contributed by atoms with Crippen molar-refractivity contribution in [2.45, 2.75) is 11.8 Å². The highest BCUT2D eigenvalue weighted by molar-refractivity contribution is 6.31. The second-order valence-electron chi connectivity index (χ2n) is 4.03. The molecule has 2 heterocycles. The molecule has 0 aromatic heterocycles. The molecule has 1 amide bonds. The molecule has 2 aliphatic rings. The fourth-order valence-corrected chi connectivity index (χ4v) is 2.53. The van der Waals surface area contributed by atoms with E-state index in [2.05, 4.69) is 5.32 Å². The Balaban J connectivity index is 2.17. The van der Waals surface area contributed by atoms with E-state index in [0.717, 1.165) is 17.7 Å². The number of fused-ring (bicyclic) bond motifs is 2. The van der Waals surface area contributed by atoms with Crippen LogP contribution >= 0.6 is 11.6 Å². The van der Waals surface area contributed by atoms with Crippen LogP contribution in [0.5, 0.6) is 0 Å². The molecule has 4 heteroatoms. The van der Waals surface area contributed by atoms with E-state index in [0.29, 0.717) is 18.2 Å². The van der Waals surface area contributed by atoms with Gasteiger partial charge in [0.1, 0.15) is 5.41 Å². The fourth-order valence-electron chi connectivity index (χ4n) is 2.36. The molecule has 2 aliphatic heterocycles. The Kier molecular flexibility index (Phi) is 1.82. The molecule has 1 aromatic carbocycles. The van der Waals surface area contributed by atoms with Crippen LogP contribution in [-0.2, 0) is 14.9 Å². The summed E-state index contributed by atoms with van der Waals surface area (Å²) in [4.78, 5) is 11.9. The van der Waals surface area contributed by atoms with E-state index < -0.39 is 5.41 Å². The minimum absolute atomic E-state index is 0.0391. The van der Waals surface area contributed by atoms with Gasteiger partial charge in [-0.25, -0.2) is 0 Å². The zero-order chi connectivity index (χ0) is 10.5. The first kappa shape index (κ1) is 9.19. The first-order valence-electron chi connectivity index (χ1n) is 4.92. The van der Waals surface area contributed by atoms with Crippen molar-refractivity contribution in [1.82, 2.24) is 0 Å². The molecule has 1 atom stereocenters. The van der Waals surface area contributed by atoms with E-state index in [-0.39, 0.29) is 5.91 Å². The van der Waals surface area contributed by atoms with E-state index in [1.807, 2.05) is 12.1 Å². The highest BCUT2D eigenvalue weighted by Gasteiger charge is 2.49. The van der Waals surface area contributed by atoms with Crippen LogP contribution in [0.2, 0.25) is 5.02 Å². The van der Waals surface area contributed by atoms with Gasteiger partial charge in [0.25, 0.3) is 0 Å². The fraction of sp³-hybridized carbons (Fsp3) is 0.364. The number of hydrogen-bond acceptors (Lipinski definition) is 2. The van der Waals surface area contributed by atoms with Gasteiger partial charge in [0, 0.05) is 17.3 Å². The Labute approximate surface area is 92.4 Å². The van der Waals surface area contributed by atoms with Crippen LogP contribution < -0.4 is 5.32 Å². The third kappa shape index (κ3) is 1.13. The number of carbonyl (C=O) groups excluding carboxylic acids is 1. The Morgan fingerprint density at radius 2 is 2.33 bits per heavy atom. The standard InChI is InChI=1S/C11H10ClNO2/c12-7-1-2-8-9(5-7)13-10(14)11(8)3-4-15-6-11/h1-2,5H,3-4,6H2,(H,13,14). The van der Waals surface area contributed by atoms with E-state index in [1.54, 1.807) is 6.07 Å². The first-order chi connectivity index (χ1) is 7.22. The van der Waals surface area contributed by atoms with Gasteiger partial charge >= 0.3 is 0 Å². The second kappa shape index (κ2) is 2.97. The summed E-state index contributed by atoms with van der Waals surface area (Å²) >= 11 is 5.88. The summed E-state index contributed by atoms with van der Waals surface area (Å²) < 4.78 is 5.35.